The van der Waals surface area contributed by atoms with Gasteiger partial charge < -0.3 is 25.2 Å². The number of amides is 1. The third kappa shape index (κ3) is 3.74. The van der Waals surface area contributed by atoms with Crippen LogP contribution in [0.25, 0.3) is 0 Å². The SMILES string of the molecule is CC(=O)N[C@@]1(C)CCOC2(CCN(c3cc(C(=O)O)c(Cl)cn3)CC2)[C@@H]1O. The number of nitrogens with zero attached hydrogens (tertiary/aromatic N) is 2. The lowest BCUT2D eigenvalue weighted by atomic mass is 9.73. The van der Waals surface area contributed by atoms with Gasteiger partial charge in [-0.05, 0) is 32.3 Å². The van der Waals surface area contributed by atoms with E-state index in [0.717, 1.165) is 0 Å². The summed E-state index contributed by atoms with van der Waals surface area (Å²) in [5, 5.41) is 23.2. The highest BCUT2D eigenvalue weighted by atomic mass is 35.5. The van der Waals surface area contributed by atoms with Crippen molar-refractivity contribution >= 4 is 29.3 Å². The third-order valence-corrected chi connectivity index (χ3v) is 5.88. The second-order valence-electron chi connectivity index (χ2n) is 7.48. The number of hydrogen-bond acceptors (Lipinski definition) is 6. The van der Waals surface area contributed by atoms with Crippen LogP contribution in [0.15, 0.2) is 12.3 Å². The highest BCUT2D eigenvalue weighted by molar-refractivity contribution is 6.33. The zero-order valence-electron chi connectivity index (χ0n) is 15.4. The lowest BCUT2D eigenvalue weighted by Crippen LogP contribution is -2.69. The van der Waals surface area contributed by atoms with Crippen LogP contribution in [-0.4, -0.2) is 64.0 Å². The van der Waals surface area contributed by atoms with Crippen molar-refractivity contribution in [2.45, 2.75) is 50.4 Å². The van der Waals surface area contributed by atoms with Crippen molar-refractivity contribution in [3.63, 3.8) is 0 Å². The molecule has 148 valence electrons. The van der Waals surface area contributed by atoms with Gasteiger partial charge in [-0.1, -0.05) is 11.6 Å². The Morgan fingerprint density at radius 2 is 2.04 bits per heavy atom. The zero-order valence-corrected chi connectivity index (χ0v) is 16.1. The van der Waals surface area contributed by atoms with E-state index in [1.807, 2.05) is 11.8 Å². The number of piperidine rings is 1. The molecule has 3 rings (SSSR count). The van der Waals surface area contributed by atoms with Gasteiger partial charge in [-0.2, -0.15) is 0 Å². The Hall–Kier alpha value is -1.90. The first-order valence-corrected chi connectivity index (χ1v) is 9.29. The van der Waals surface area contributed by atoms with E-state index < -0.39 is 23.2 Å². The van der Waals surface area contributed by atoms with Crippen LogP contribution in [-0.2, 0) is 9.53 Å². The number of hydrogen-bond donors (Lipinski definition) is 3. The van der Waals surface area contributed by atoms with Crippen molar-refractivity contribution in [1.29, 1.82) is 0 Å². The number of carboxylic acids is 1. The Labute approximate surface area is 162 Å². The molecule has 0 saturated carbocycles. The first kappa shape index (κ1) is 19.9. The lowest BCUT2D eigenvalue weighted by molar-refractivity contribution is -0.198. The smallest absolute Gasteiger partial charge is 0.337 e. The van der Waals surface area contributed by atoms with Gasteiger partial charge >= 0.3 is 5.97 Å². The summed E-state index contributed by atoms with van der Waals surface area (Å²) < 4.78 is 6.00. The van der Waals surface area contributed by atoms with Crippen LogP contribution >= 0.6 is 11.6 Å². The molecule has 2 aliphatic heterocycles. The summed E-state index contributed by atoms with van der Waals surface area (Å²) >= 11 is 5.89. The maximum Gasteiger partial charge on any atom is 0.337 e. The molecule has 1 spiro atoms. The first-order valence-electron chi connectivity index (χ1n) is 8.91. The predicted molar refractivity (Wildman–Crippen MR) is 99.2 cm³/mol. The summed E-state index contributed by atoms with van der Waals surface area (Å²) in [6.07, 6.45) is 2.12. The van der Waals surface area contributed by atoms with Crippen molar-refractivity contribution in [2.75, 3.05) is 24.6 Å². The van der Waals surface area contributed by atoms with E-state index in [1.54, 1.807) is 0 Å². The summed E-state index contributed by atoms with van der Waals surface area (Å²) in [5.74, 6) is -0.756. The van der Waals surface area contributed by atoms with Gasteiger partial charge in [-0.15, -0.1) is 0 Å². The molecule has 1 amide bonds. The number of aliphatic hydroxyl groups excluding tert-OH is 1. The molecule has 0 bridgehead atoms. The van der Waals surface area contributed by atoms with Crippen LogP contribution in [0.2, 0.25) is 5.02 Å². The minimum absolute atomic E-state index is 0.00846. The van der Waals surface area contributed by atoms with Gasteiger partial charge in [0.25, 0.3) is 0 Å². The molecule has 2 atom stereocenters. The number of halogens is 1. The Kier molecular flexibility index (Phi) is 5.33. The molecular formula is C18H24ClN3O5. The van der Waals surface area contributed by atoms with E-state index in [0.29, 0.717) is 44.8 Å². The molecule has 0 aromatic carbocycles. The average Bonchev–Trinajstić information content (AvgIpc) is 2.60. The third-order valence-electron chi connectivity index (χ3n) is 5.58. The standard InChI is InChI=1S/C18H24ClN3O5/c1-11(23)21-17(2)5-8-27-18(16(17)26)3-6-22(7-4-18)14-9-12(15(24)25)13(19)10-20-14/h9-10,16,26H,3-8H2,1-2H3,(H,21,23)(H,24,25)/t16-,17+/m1/s1. The van der Waals surface area contributed by atoms with Gasteiger partial charge in [-0.3, -0.25) is 4.79 Å². The topological polar surface area (TPSA) is 112 Å². The van der Waals surface area contributed by atoms with Gasteiger partial charge in [0.15, 0.2) is 0 Å². The number of carboxylic acid groups (broad SMARTS) is 1. The molecule has 3 heterocycles. The Morgan fingerprint density at radius 3 is 2.63 bits per heavy atom. The molecule has 2 aliphatic rings. The molecule has 1 aromatic heterocycles. The second kappa shape index (κ2) is 7.26. The number of aromatic carboxylic acids is 1. The van der Waals surface area contributed by atoms with E-state index >= 15 is 0 Å². The Balaban J connectivity index is 1.75. The van der Waals surface area contributed by atoms with Gasteiger partial charge in [0.05, 0.1) is 21.7 Å². The summed E-state index contributed by atoms with van der Waals surface area (Å²) in [6.45, 7) is 4.82. The molecule has 1 aromatic rings. The van der Waals surface area contributed by atoms with Gasteiger partial charge in [0, 0.05) is 32.8 Å². The van der Waals surface area contributed by atoms with Crippen LogP contribution in [0.5, 0.6) is 0 Å². The average molecular weight is 398 g/mol. The van der Waals surface area contributed by atoms with Gasteiger partial charge in [-0.25, -0.2) is 9.78 Å². The fraction of sp³-hybridized carbons (Fsp3) is 0.611. The van der Waals surface area contributed by atoms with E-state index in [9.17, 15) is 19.8 Å². The monoisotopic (exact) mass is 397 g/mol. The largest absolute Gasteiger partial charge is 0.478 e. The van der Waals surface area contributed by atoms with Crippen LogP contribution in [0.3, 0.4) is 0 Å². The van der Waals surface area contributed by atoms with E-state index in [1.165, 1.54) is 19.2 Å². The Morgan fingerprint density at radius 1 is 1.37 bits per heavy atom. The fourth-order valence-corrected chi connectivity index (χ4v) is 4.28. The summed E-state index contributed by atoms with van der Waals surface area (Å²) in [5.41, 5.74) is -1.47. The van der Waals surface area contributed by atoms with Gasteiger partial charge in [0.1, 0.15) is 11.9 Å². The number of nitrogens with one attached hydrogen (secondary N) is 1. The maximum absolute atomic E-state index is 11.5. The summed E-state index contributed by atoms with van der Waals surface area (Å²) in [4.78, 5) is 29.0. The second-order valence-corrected chi connectivity index (χ2v) is 7.89. The molecular weight excluding hydrogens is 374 g/mol. The highest BCUT2D eigenvalue weighted by Crippen LogP contribution is 2.40. The van der Waals surface area contributed by atoms with Gasteiger partial charge in [0.2, 0.25) is 5.91 Å². The molecule has 3 N–H and O–H groups in total. The van der Waals surface area contributed by atoms with Crippen molar-refractivity contribution < 1.29 is 24.5 Å². The number of carbonyl (C=O) groups is 2. The number of carbonyl (C=O) groups excluding carboxylic acids is 1. The minimum Gasteiger partial charge on any atom is -0.478 e. The minimum atomic E-state index is -1.10. The number of rotatable bonds is 3. The van der Waals surface area contributed by atoms with E-state index in [2.05, 4.69) is 10.3 Å². The molecule has 8 nitrogen and oxygen atoms in total. The predicted octanol–water partition coefficient (Wildman–Crippen LogP) is 1.45. The zero-order chi connectivity index (χ0) is 19.8. The molecule has 27 heavy (non-hydrogen) atoms. The number of anilines is 1. The molecule has 2 saturated heterocycles. The van der Waals surface area contributed by atoms with Crippen molar-refractivity contribution in [3.8, 4) is 0 Å². The first-order chi connectivity index (χ1) is 12.7. The van der Waals surface area contributed by atoms with E-state index in [4.69, 9.17) is 16.3 Å². The highest BCUT2D eigenvalue weighted by Gasteiger charge is 2.53. The molecule has 9 heteroatoms. The van der Waals surface area contributed by atoms with Crippen molar-refractivity contribution in [2.24, 2.45) is 0 Å². The van der Waals surface area contributed by atoms with Crippen molar-refractivity contribution in [3.05, 3.63) is 22.8 Å². The fourth-order valence-electron chi connectivity index (χ4n) is 4.09. The lowest BCUT2D eigenvalue weighted by Gasteiger charge is -2.53. The summed E-state index contributed by atoms with van der Waals surface area (Å²) in [7, 11) is 0. The number of ether oxygens (including phenoxy) is 1. The summed E-state index contributed by atoms with van der Waals surface area (Å²) in [6, 6.07) is 1.46. The van der Waals surface area contributed by atoms with Crippen LogP contribution < -0.4 is 10.2 Å². The van der Waals surface area contributed by atoms with Crippen LogP contribution in [0.4, 0.5) is 5.82 Å². The molecule has 2 fully saturated rings. The van der Waals surface area contributed by atoms with Crippen LogP contribution in [0.1, 0.15) is 43.5 Å². The Bertz CT molecular complexity index is 751. The number of aromatic nitrogens is 1. The molecule has 0 radical (unpaired) electrons. The van der Waals surface area contributed by atoms with Crippen LogP contribution in [0, 0.1) is 0 Å². The normalized spacial score (nSPS) is 27.4. The van der Waals surface area contributed by atoms with Crippen molar-refractivity contribution in [1.82, 2.24) is 10.3 Å². The molecule has 0 unspecified atom stereocenters. The maximum atomic E-state index is 11.5. The molecule has 0 aliphatic carbocycles. The number of aliphatic hydroxyl groups is 1. The number of pyridine rings is 1. The quantitative estimate of drug-likeness (QED) is 0.707. The van der Waals surface area contributed by atoms with E-state index in [-0.39, 0.29) is 16.5 Å².